The fraction of sp³-hybridized carbons (Fsp3) is 0.333. The summed E-state index contributed by atoms with van der Waals surface area (Å²) < 4.78 is 12.8. The fourth-order valence-corrected chi connectivity index (χ4v) is 6.58. The number of fused-ring (bicyclic) bond motifs is 5. The third kappa shape index (κ3) is 5.66. The molecule has 4 aromatic rings. The molecule has 47 heavy (non-hydrogen) atoms. The van der Waals surface area contributed by atoms with Gasteiger partial charge in [-0.15, -0.1) is 0 Å². The zero-order valence-electron chi connectivity index (χ0n) is 26.4. The highest BCUT2D eigenvalue weighted by atomic mass is 16.6. The Morgan fingerprint density at radius 2 is 1.83 bits per heavy atom. The van der Waals surface area contributed by atoms with Crippen LogP contribution in [0.15, 0.2) is 59.4 Å². The maximum Gasteiger partial charge on any atom is 0.355 e. The van der Waals surface area contributed by atoms with Crippen molar-refractivity contribution >= 4 is 34.5 Å². The van der Waals surface area contributed by atoms with Crippen molar-refractivity contribution in [1.82, 2.24) is 14.9 Å². The van der Waals surface area contributed by atoms with Crippen molar-refractivity contribution < 1.29 is 33.8 Å². The van der Waals surface area contributed by atoms with Gasteiger partial charge in [-0.25, -0.2) is 9.78 Å². The number of benzene rings is 2. The molecule has 0 saturated carbocycles. The van der Waals surface area contributed by atoms with Gasteiger partial charge in [0.15, 0.2) is 5.78 Å². The maximum absolute atomic E-state index is 13.9. The number of ketones is 1. The van der Waals surface area contributed by atoms with E-state index in [0.717, 1.165) is 22.1 Å². The van der Waals surface area contributed by atoms with E-state index in [4.69, 9.17) is 14.5 Å². The van der Waals surface area contributed by atoms with Gasteiger partial charge in [-0.1, -0.05) is 44.2 Å². The summed E-state index contributed by atoms with van der Waals surface area (Å²) in [6.45, 7) is 5.02. The minimum atomic E-state index is -1.90. The number of phenols is 1. The summed E-state index contributed by atoms with van der Waals surface area (Å²) in [4.78, 5) is 70.3. The molecule has 2 aromatic heterocycles. The van der Waals surface area contributed by atoms with E-state index in [1.54, 1.807) is 35.8 Å². The number of esters is 2. The number of carbonyl (C=O) groups excluding carboxylic acids is 4. The summed E-state index contributed by atoms with van der Waals surface area (Å²) >= 11 is 0. The molecule has 2 N–H and O–H groups in total. The third-order valence-electron chi connectivity index (χ3n) is 9.06. The third-order valence-corrected chi connectivity index (χ3v) is 9.06. The molecule has 1 amide bonds. The summed E-state index contributed by atoms with van der Waals surface area (Å²) in [5.74, 6) is -2.24. The molecule has 0 radical (unpaired) electrons. The number of nitrogens with one attached hydrogen (secondary N) is 1. The van der Waals surface area contributed by atoms with Crippen LogP contribution in [-0.4, -0.2) is 44.3 Å². The summed E-state index contributed by atoms with van der Waals surface area (Å²) in [7, 11) is 0. The lowest BCUT2D eigenvalue weighted by molar-refractivity contribution is -0.189. The minimum Gasteiger partial charge on any atom is -0.508 e. The maximum atomic E-state index is 13.9. The van der Waals surface area contributed by atoms with Crippen molar-refractivity contribution in [3.8, 4) is 17.1 Å². The standard InChI is InChI=1S/C36H35N3O8/c1-4-23-24-16-22(41)11-12-28(24)38-33-25(23)18-39-30(33)17-27-26(34(39)44)19-46-35(45)36(27,5-2)47-32(43)14-13-31(42)37-29(20(3)40)15-21-9-7-6-8-10-21/h6-12,16-17,29,41H,4-5,13-15,18-19H2,1-3H3,(H,37,42)/t29?,36-/m0/s1. The van der Waals surface area contributed by atoms with Crippen LogP contribution in [0.1, 0.15) is 67.9 Å². The molecular weight excluding hydrogens is 602 g/mol. The van der Waals surface area contributed by atoms with Crippen LogP contribution in [0.25, 0.3) is 22.3 Å². The molecule has 0 fully saturated rings. The van der Waals surface area contributed by atoms with Crippen LogP contribution in [0.4, 0.5) is 0 Å². The molecule has 0 spiro atoms. The zero-order valence-corrected chi connectivity index (χ0v) is 26.4. The molecule has 242 valence electrons. The Morgan fingerprint density at radius 3 is 2.53 bits per heavy atom. The smallest absolute Gasteiger partial charge is 0.355 e. The largest absolute Gasteiger partial charge is 0.508 e. The van der Waals surface area contributed by atoms with Crippen LogP contribution < -0.4 is 10.9 Å². The Kier molecular flexibility index (Phi) is 8.40. The monoisotopic (exact) mass is 637 g/mol. The molecule has 2 aliphatic rings. The van der Waals surface area contributed by atoms with Gasteiger partial charge < -0.3 is 24.5 Å². The normalized spacial score (nSPS) is 16.9. The lowest BCUT2D eigenvalue weighted by Gasteiger charge is -2.35. The molecule has 11 nitrogen and oxygen atoms in total. The Balaban J connectivity index is 1.27. The van der Waals surface area contributed by atoms with Crippen molar-refractivity contribution in [2.45, 2.75) is 77.7 Å². The van der Waals surface area contributed by atoms with Gasteiger partial charge in [0.05, 0.1) is 41.5 Å². The average Bonchev–Trinajstić information content (AvgIpc) is 3.42. The van der Waals surface area contributed by atoms with Gasteiger partial charge in [0, 0.05) is 22.9 Å². The van der Waals surface area contributed by atoms with Gasteiger partial charge in [-0.05, 0) is 61.6 Å². The summed E-state index contributed by atoms with van der Waals surface area (Å²) in [5.41, 5.74) is 2.58. The molecule has 2 aromatic carbocycles. The molecule has 1 unspecified atom stereocenters. The van der Waals surface area contributed by atoms with E-state index in [-0.39, 0.29) is 60.6 Å². The molecule has 0 aliphatic carbocycles. The van der Waals surface area contributed by atoms with Crippen LogP contribution in [0.3, 0.4) is 0 Å². The average molecular weight is 638 g/mol. The van der Waals surface area contributed by atoms with E-state index >= 15 is 0 Å². The molecule has 6 rings (SSSR count). The first-order valence-electron chi connectivity index (χ1n) is 15.7. The number of aryl methyl sites for hydroxylation is 1. The topological polar surface area (TPSA) is 154 Å². The number of Topliss-reactive ketones (excluding diaryl/α,β-unsaturated/α-hetero) is 1. The van der Waals surface area contributed by atoms with Crippen LogP contribution in [-0.2, 0) is 60.2 Å². The molecule has 2 atom stereocenters. The highest BCUT2D eigenvalue weighted by Crippen LogP contribution is 2.42. The van der Waals surface area contributed by atoms with Crippen LogP contribution in [0.2, 0.25) is 0 Å². The van der Waals surface area contributed by atoms with Crippen molar-refractivity contribution in [1.29, 1.82) is 0 Å². The van der Waals surface area contributed by atoms with Gasteiger partial charge in [0.1, 0.15) is 12.4 Å². The fourth-order valence-electron chi connectivity index (χ4n) is 6.58. The van der Waals surface area contributed by atoms with Gasteiger partial charge >= 0.3 is 11.9 Å². The highest BCUT2D eigenvalue weighted by Gasteiger charge is 2.50. The lowest BCUT2D eigenvalue weighted by Crippen LogP contribution is -2.47. The first kappa shape index (κ1) is 31.7. The van der Waals surface area contributed by atoms with Gasteiger partial charge in [-0.3, -0.25) is 19.2 Å². The van der Waals surface area contributed by atoms with Gasteiger partial charge in [0.25, 0.3) is 5.56 Å². The number of phenolic OH excluding ortho intramolecular Hbond substituents is 1. The molecular formula is C36H35N3O8. The Labute approximate surface area is 270 Å². The van der Waals surface area contributed by atoms with E-state index in [9.17, 15) is 29.1 Å². The Hall–Kier alpha value is -5.32. The molecule has 0 bridgehead atoms. The van der Waals surface area contributed by atoms with Crippen molar-refractivity contribution in [3.05, 3.63) is 92.8 Å². The van der Waals surface area contributed by atoms with Gasteiger partial charge in [-0.2, -0.15) is 0 Å². The number of nitrogens with zero attached hydrogens (tertiary/aromatic N) is 2. The molecule has 0 saturated heterocycles. The number of hydrogen-bond donors (Lipinski definition) is 2. The number of cyclic esters (lactones) is 1. The van der Waals surface area contributed by atoms with E-state index in [1.165, 1.54) is 6.92 Å². The Morgan fingerprint density at radius 1 is 1.06 bits per heavy atom. The number of amides is 1. The second-order valence-electron chi connectivity index (χ2n) is 11.9. The second kappa shape index (κ2) is 12.5. The van der Waals surface area contributed by atoms with Crippen molar-refractivity contribution in [3.63, 3.8) is 0 Å². The van der Waals surface area contributed by atoms with Gasteiger partial charge in [0.2, 0.25) is 11.5 Å². The van der Waals surface area contributed by atoms with E-state index < -0.39 is 29.5 Å². The number of carbonyl (C=O) groups is 4. The number of hydrogen-bond acceptors (Lipinski definition) is 9. The minimum absolute atomic E-state index is 0.0133. The summed E-state index contributed by atoms with van der Waals surface area (Å²) in [5, 5.41) is 13.6. The van der Waals surface area contributed by atoms with Crippen molar-refractivity contribution in [2.75, 3.05) is 0 Å². The Bertz CT molecular complexity index is 2000. The highest BCUT2D eigenvalue weighted by molar-refractivity contribution is 5.92. The molecule has 11 heteroatoms. The second-order valence-corrected chi connectivity index (χ2v) is 11.9. The number of aromatic hydroxyl groups is 1. The van der Waals surface area contributed by atoms with E-state index in [2.05, 4.69) is 5.32 Å². The van der Waals surface area contributed by atoms with Crippen molar-refractivity contribution in [2.24, 2.45) is 0 Å². The first-order valence-corrected chi connectivity index (χ1v) is 15.7. The quantitative estimate of drug-likeness (QED) is 0.216. The SMILES string of the molecule is CCc1c2c(nc3ccc(O)cc13)-c1cc3c(c(=O)n1C2)COC(=O)[C@@]3(CC)OC(=O)CCC(=O)NC(Cc1ccccc1)C(C)=O. The molecule has 2 aliphatic heterocycles. The predicted molar refractivity (Wildman–Crippen MR) is 171 cm³/mol. The van der Waals surface area contributed by atoms with Crippen LogP contribution >= 0.6 is 0 Å². The number of rotatable bonds is 10. The zero-order chi connectivity index (χ0) is 33.5. The number of aromatic nitrogens is 2. The molecule has 4 heterocycles. The lowest BCUT2D eigenvalue weighted by atomic mass is 9.85. The number of pyridine rings is 2. The van der Waals surface area contributed by atoms with Crippen LogP contribution in [0, 0.1) is 0 Å². The van der Waals surface area contributed by atoms with E-state index in [1.807, 2.05) is 37.3 Å². The first-order chi connectivity index (χ1) is 22.6. The summed E-state index contributed by atoms with van der Waals surface area (Å²) in [6, 6.07) is 15.1. The number of ether oxygens (including phenoxy) is 2. The van der Waals surface area contributed by atoms with Crippen LogP contribution in [0.5, 0.6) is 5.75 Å². The predicted octanol–water partition coefficient (Wildman–Crippen LogP) is 4.00. The summed E-state index contributed by atoms with van der Waals surface area (Å²) in [6.07, 6.45) is 0.299. The van der Waals surface area contributed by atoms with E-state index in [0.29, 0.717) is 29.7 Å².